The smallest absolute Gasteiger partial charge is 0.408 e. The lowest BCUT2D eigenvalue weighted by Gasteiger charge is -2.09. The molecule has 0 unspecified atom stereocenters. The molecule has 0 spiro atoms. The van der Waals surface area contributed by atoms with Crippen LogP contribution in [0.3, 0.4) is 0 Å². The zero-order valence-electron chi connectivity index (χ0n) is 12.6. The first kappa shape index (κ1) is 15.8. The molecule has 0 bridgehead atoms. The molecule has 0 aliphatic carbocycles. The molecule has 0 aliphatic rings. The molecule has 0 radical (unpaired) electrons. The molecule has 22 heavy (non-hydrogen) atoms. The average Bonchev–Trinajstić information content (AvgIpc) is 2.77. The van der Waals surface area contributed by atoms with Gasteiger partial charge >= 0.3 is 5.76 Å². The Bertz CT molecular complexity index is 730. The van der Waals surface area contributed by atoms with Crippen molar-refractivity contribution in [2.45, 2.75) is 32.9 Å². The highest BCUT2D eigenvalue weighted by Crippen LogP contribution is 2.11. The molecular formula is C15H19N3O4. The lowest BCUT2D eigenvalue weighted by atomic mass is 10.3. The molecule has 0 aliphatic heterocycles. The van der Waals surface area contributed by atoms with Crippen LogP contribution >= 0.6 is 0 Å². The summed E-state index contributed by atoms with van der Waals surface area (Å²) in [7, 11) is 0. The van der Waals surface area contributed by atoms with E-state index in [-0.39, 0.29) is 37.4 Å². The summed E-state index contributed by atoms with van der Waals surface area (Å²) in [5.74, 6) is -1.03. The van der Waals surface area contributed by atoms with E-state index >= 15 is 0 Å². The number of oxazole rings is 1. The Hall–Kier alpha value is -2.57. The minimum atomic E-state index is -0.494. The highest BCUT2D eigenvalue weighted by atomic mass is 16.4. The number of hydrogen-bond donors (Lipinski definition) is 2. The van der Waals surface area contributed by atoms with Gasteiger partial charge < -0.3 is 15.1 Å². The Labute approximate surface area is 127 Å². The maximum Gasteiger partial charge on any atom is 0.419 e. The molecule has 2 aromatic rings. The minimum absolute atomic E-state index is 0.0280. The number of nitrogens with zero attached hydrogens (tertiary/aromatic N) is 1. The number of para-hydroxylation sites is 2. The molecule has 0 fully saturated rings. The van der Waals surface area contributed by atoms with E-state index in [0.717, 1.165) is 0 Å². The van der Waals surface area contributed by atoms with Crippen LogP contribution in [0, 0.1) is 0 Å². The van der Waals surface area contributed by atoms with E-state index in [9.17, 15) is 14.4 Å². The summed E-state index contributed by atoms with van der Waals surface area (Å²) < 4.78 is 6.49. The lowest BCUT2D eigenvalue weighted by Crippen LogP contribution is -2.40. The van der Waals surface area contributed by atoms with Crippen molar-refractivity contribution in [1.29, 1.82) is 0 Å². The van der Waals surface area contributed by atoms with Gasteiger partial charge in [0, 0.05) is 19.0 Å². The number of rotatable bonds is 6. The second-order valence-corrected chi connectivity index (χ2v) is 5.24. The summed E-state index contributed by atoms with van der Waals surface area (Å²) in [6.45, 7) is 3.82. The van der Waals surface area contributed by atoms with Gasteiger partial charge in [-0.15, -0.1) is 0 Å². The van der Waals surface area contributed by atoms with E-state index in [4.69, 9.17) is 4.42 Å². The van der Waals surface area contributed by atoms with Crippen LogP contribution in [-0.4, -0.2) is 29.0 Å². The molecule has 2 N–H and O–H groups in total. The number of nitrogens with one attached hydrogen (secondary N) is 2. The second-order valence-electron chi connectivity index (χ2n) is 5.24. The van der Waals surface area contributed by atoms with Crippen LogP contribution < -0.4 is 16.4 Å². The molecule has 7 nitrogen and oxygen atoms in total. The van der Waals surface area contributed by atoms with Crippen LogP contribution in [0.2, 0.25) is 0 Å². The zero-order chi connectivity index (χ0) is 16.1. The van der Waals surface area contributed by atoms with Gasteiger partial charge in [-0.3, -0.25) is 14.2 Å². The van der Waals surface area contributed by atoms with Gasteiger partial charge in [0.2, 0.25) is 11.8 Å². The van der Waals surface area contributed by atoms with Crippen LogP contribution in [0.15, 0.2) is 33.5 Å². The van der Waals surface area contributed by atoms with Gasteiger partial charge in [0.05, 0.1) is 12.1 Å². The Kier molecular flexibility index (Phi) is 4.98. The third-order valence-corrected chi connectivity index (χ3v) is 3.03. The molecule has 2 amide bonds. The predicted octanol–water partition coefficient (Wildman–Crippen LogP) is 0.625. The van der Waals surface area contributed by atoms with Crippen molar-refractivity contribution < 1.29 is 14.0 Å². The molecule has 0 saturated carbocycles. The second kappa shape index (κ2) is 6.93. The number of benzene rings is 1. The largest absolute Gasteiger partial charge is 0.419 e. The van der Waals surface area contributed by atoms with Gasteiger partial charge in [-0.1, -0.05) is 12.1 Å². The fourth-order valence-electron chi connectivity index (χ4n) is 2.08. The normalized spacial score (nSPS) is 10.9. The van der Waals surface area contributed by atoms with Gasteiger partial charge in [-0.05, 0) is 26.0 Å². The molecular weight excluding hydrogens is 286 g/mol. The van der Waals surface area contributed by atoms with Crippen LogP contribution in [0.5, 0.6) is 0 Å². The van der Waals surface area contributed by atoms with Crippen LogP contribution in [0.1, 0.15) is 20.3 Å². The first-order valence-corrected chi connectivity index (χ1v) is 7.12. The minimum Gasteiger partial charge on any atom is -0.408 e. The number of fused-ring (bicyclic) bond motifs is 1. The third kappa shape index (κ3) is 3.97. The highest BCUT2D eigenvalue weighted by molar-refractivity contribution is 5.84. The molecule has 0 atom stereocenters. The van der Waals surface area contributed by atoms with Crippen LogP contribution in [0.25, 0.3) is 11.1 Å². The number of aryl methyl sites for hydroxylation is 1. The number of amides is 2. The Balaban J connectivity index is 1.89. The van der Waals surface area contributed by atoms with E-state index in [1.54, 1.807) is 24.3 Å². The zero-order valence-corrected chi connectivity index (χ0v) is 12.6. The summed E-state index contributed by atoms with van der Waals surface area (Å²) in [5.41, 5.74) is 1.14. The van der Waals surface area contributed by atoms with Gasteiger partial charge in [0.15, 0.2) is 5.58 Å². The van der Waals surface area contributed by atoms with Gasteiger partial charge in [-0.2, -0.15) is 0 Å². The number of aromatic nitrogens is 1. The van der Waals surface area contributed by atoms with Crippen molar-refractivity contribution in [3.63, 3.8) is 0 Å². The molecule has 7 heteroatoms. The standard InChI is InChI=1S/C15H19N3O4/c1-10(2)17-14(20)9-16-13(19)7-8-18-11-5-3-4-6-12(11)22-15(18)21/h3-6,10H,7-9H2,1-2H3,(H,16,19)(H,17,20). The fraction of sp³-hybridized carbons (Fsp3) is 0.400. The first-order chi connectivity index (χ1) is 10.5. The van der Waals surface area contributed by atoms with Crippen molar-refractivity contribution in [1.82, 2.24) is 15.2 Å². The predicted molar refractivity (Wildman–Crippen MR) is 81.4 cm³/mol. The summed E-state index contributed by atoms with van der Waals surface area (Å²) >= 11 is 0. The van der Waals surface area contributed by atoms with E-state index < -0.39 is 5.76 Å². The van der Waals surface area contributed by atoms with E-state index in [1.165, 1.54) is 4.57 Å². The molecule has 118 valence electrons. The number of carbonyl (C=O) groups excluding carboxylic acids is 2. The first-order valence-electron chi connectivity index (χ1n) is 7.12. The van der Waals surface area contributed by atoms with Gasteiger partial charge in [0.1, 0.15) is 0 Å². The van der Waals surface area contributed by atoms with Crippen LogP contribution in [-0.2, 0) is 16.1 Å². The van der Waals surface area contributed by atoms with Crippen molar-refractivity contribution in [2.75, 3.05) is 6.54 Å². The maximum atomic E-state index is 11.7. The molecule has 1 aromatic heterocycles. The Morgan fingerprint density at radius 2 is 1.95 bits per heavy atom. The average molecular weight is 305 g/mol. The molecule has 1 heterocycles. The SMILES string of the molecule is CC(C)NC(=O)CNC(=O)CCn1c(=O)oc2ccccc21. The fourth-order valence-corrected chi connectivity index (χ4v) is 2.08. The number of hydrogen-bond acceptors (Lipinski definition) is 4. The van der Waals surface area contributed by atoms with Crippen molar-refractivity contribution >= 4 is 22.9 Å². The molecule has 2 rings (SSSR count). The summed E-state index contributed by atoms with van der Waals surface area (Å²) in [6.07, 6.45) is 0.0956. The summed E-state index contributed by atoms with van der Waals surface area (Å²) in [5, 5.41) is 5.20. The summed E-state index contributed by atoms with van der Waals surface area (Å²) in [6, 6.07) is 7.05. The van der Waals surface area contributed by atoms with E-state index in [0.29, 0.717) is 11.1 Å². The van der Waals surface area contributed by atoms with Crippen molar-refractivity contribution in [3.8, 4) is 0 Å². The Morgan fingerprint density at radius 3 is 2.68 bits per heavy atom. The maximum absolute atomic E-state index is 11.7. The highest BCUT2D eigenvalue weighted by Gasteiger charge is 2.11. The lowest BCUT2D eigenvalue weighted by molar-refractivity contribution is -0.126. The van der Waals surface area contributed by atoms with Gasteiger partial charge in [0.25, 0.3) is 0 Å². The molecule has 0 saturated heterocycles. The van der Waals surface area contributed by atoms with Crippen LogP contribution in [0.4, 0.5) is 0 Å². The third-order valence-electron chi connectivity index (χ3n) is 3.03. The Morgan fingerprint density at radius 1 is 1.23 bits per heavy atom. The van der Waals surface area contributed by atoms with Crippen molar-refractivity contribution in [3.05, 3.63) is 34.8 Å². The van der Waals surface area contributed by atoms with Gasteiger partial charge in [-0.25, -0.2) is 4.79 Å². The topological polar surface area (TPSA) is 93.3 Å². The molecule has 1 aromatic carbocycles. The number of carbonyl (C=O) groups is 2. The summed E-state index contributed by atoms with van der Waals surface area (Å²) in [4.78, 5) is 34.9. The van der Waals surface area contributed by atoms with E-state index in [2.05, 4.69) is 10.6 Å². The van der Waals surface area contributed by atoms with E-state index in [1.807, 2.05) is 13.8 Å². The monoisotopic (exact) mass is 305 g/mol. The quantitative estimate of drug-likeness (QED) is 0.818. The van der Waals surface area contributed by atoms with Crippen molar-refractivity contribution in [2.24, 2.45) is 0 Å².